The summed E-state index contributed by atoms with van der Waals surface area (Å²) < 4.78 is 6.61. The van der Waals surface area contributed by atoms with Crippen molar-refractivity contribution in [2.24, 2.45) is 0 Å². The Labute approximate surface area is 123 Å². The van der Waals surface area contributed by atoms with E-state index >= 15 is 0 Å². The lowest BCUT2D eigenvalue weighted by molar-refractivity contribution is -0.135. The van der Waals surface area contributed by atoms with Gasteiger partial charge in [0.2, 0.25) is 0 Å². The van der Waals surface area contributed by atoms with Crippen LogP contribution in [0, 0.1) is 0 Å². The topological polar surface area (TPSA) is 29.5 Å². The van der Waals surface area contributed by atoms with Crippen LogP contribution in [0.25, 0.3) is 0 Å². The van der Waals surface area contributed by atoms with Gasteiger partial charge < -0.3 is 4.74 Å². The monoisotopic (exact) mass is 325 g/mol. The third-order valence-electron chi connectivity index (χ3n) is 3.37. The van der Waals surface area contributed by atoms with Gasteiger partial charge in [0.1, 0.15) is 6.10 Å². The number of hydrogen-bond donors (Lipinski definition) is 0. The van der Waals surface area contributed by atoms with Crippen LogP contribution in [0.3, 0.4) is 0 Å². The first-order valence-electron chi connectivity index (χ1n) is 6.80. The van der Waals surface area contributed by atoms with Gasteiger partial charge in [0.15, 0.2) is 5.78 Å². The van der Waals surface area contributed by atoms with Gasteiger partial charge in [-0.15, -0.1) is 0 Å². The van der Waals surface area contributed by atoms with E-state index in [0.29, 0.717) is 13.0 Å². The number of carbonyl (C=O) groups excluding carboxylic acids is 1. The lowest BCUT2D eigenvalue weighted by Gasteiger charge is -2.31. The standard InChI is InChI=1S/C15H20BrNO2/c1-2-7-17-8-9-19-15(11-17)14(18)10-12-5-3-4-6-13(12)16/h3-6,15H,2,7-11H2,1H3. The summed E-state index contributed by atoms with van der Waals surface area (Å²) in [7, 11) is 0. The molecule has 0 aromatic heterocycles. The summed E-state index contributed by atoms with van der Waals surface area (Å²) >= 11 is 3.48. The maximum absolute atomic E-state index is 12.3. The van der Waals surface area contributed by atoms with Crippen molar-refractivity contribution in [2.75, 3.05) is 26.2 Å². The van der Waals surface area contributed by atoms with Crippen LogP contribution in [-0.4, -0.2) is 43.0 Å². The molecule has 1 unspecified atom stereocenters. The van der Waals surface area contributed by atoms with E-state index in [1.54, 1.807) is 0 Å². The Balaban J connectivity index is 1.94. The summed E-state index contributed by atoms with van der Waals surface area (Å²) in [5, 5.41) is 0. The lowest BCUT2D eigenvalue weighted by atomic mass is 10.0. The molecule has 1 fully saturated rings. The predicted octanol–water partition coefficient (Wildman–Crippen LogP) is 2.67. The lowest BCUT2D eigenvalue weighted by Crippen LogP contribution is -2.46. The molecule has 3 nitrogen and oxygen atoms in total. The number of benzene rings is 1. The molecule has 1 aliphatic rings. The van der Waals surface area contributed by atoms with E-state index in [2.05, 4.69) is 27.8 Å². The summed E-state index contributed by atoms with van der Waals surface area (Å²) in [6.07, 6.45) is 1.28. The molecule has 0 aliphatic carbocycles. The van der Waals surface area contributed by atoms with Crippen LogP contribution < -0.4 is 0 Å². The number of Topliss-reactive ketones (excluding diaryl/α,β-unsaturated/α-hetero) is 1. The Morgan fingerprint density at radius 2 is 2.26 bits per heavy atom. The van der Waals surface area contributed by atoms with Crippen LogP contribution in [0.15, 0.2) is 28.7 Å². The van der Waals surface area contributed by atoms with Crippen LogP contribution in [0.4, 0.5) is 0 Å². The maximum Gasteiger partial charge on any atom is 0.167 e. The summed E-state index contributed by atoms with van der Waals surface area (Å²) in [6.45, 7) is 5.53. The van der Waals surface area contributed by atoms with Gasteiger partial charge in [-0.3, -0.25) is 9.69 Å². The third kappa shape index (κ3) is 4.13. The molecule has 1 saturated heterocycles. The summed E-state index contributed by atoms with van der Waals surface area (Å²) in [4.78, 5) is 14.6. The van der Waals surface area contributed by atoms with Crippen molar-refractivity contribution >= 4 is 21.7 Å². The van der Waals surface area contributed by atoms with E-state index < -0.39 is 0 Å². The van der Waals surface area contributed by atoms with Crippen LogP contribution in [0.2, 0.25) is 0 Å². The van der Waals surface area contributed by atoms with Gasteiger partial charge in [0, 0.05) is 24.0 Å². The zero-order valence-corrected chi connectivity index (χ0v) is 12.9. The van der Waals surface area contributed by atoms with Crippen molar-refractivity contribution in [3.8, 4) is 0 Å². The Hall–Kier alpha value is -0.710. The molecule has 0 spiro atoms. The SMILES string of the molecule is CCCN1CCOC(C(=O)Cc2ccccc2Br)C1. The second-order valence-electron chi connectivity index (χ2n) is 4.89. The zero-order chi connectivity index (χ0) is 13.7. The van der Waals surface area contributed by atoms with E-state index in [0.717, 1.165) is 36.1 Å². The van der Waals surface area contributed by atoms with Gasteiger partial charge in [0.25, 0.3) is 0 Å². The molecule has 2 rings (SSSR count). The average Bonchev–Trinajstić information content (AvgIpc) is 2.42. The highest BCUT2D eigenvalue weighted by atomic mass is 79.9. The van der Waals surface area contributed by atoms with Crippen molar-refractivity contribution in [2.45, 2.75) is 25.9 Å². The molecule has 0 amide bonds. The minimum absolute atomic E-state index is 0.174. The molecular weight excluding hydrogens is 306 g/mol. The molecule has 1 aromatic carbocycles. The fraction of sp³-hybridized carbons (Fsp3) is 0.533. The number of ether oxygens (including phenoxy) is 1. The minimum Gasteiger partial charge on any atom is -0.368 e. The molecule has 0 N–H and O–H groups in total. The third-order valence-corrected chi connectivity index (χ3v) is 4.15. The second kappa shape index (κ2) is 7.17. The Bertz CT molecular complexity index is 434. The quantitative estimate of drug-likeness (QED) is 0.833. The highest BCUT2D eigenvalue weighted by Gasteiger charge is 2.26. The molecule has 0 saturated carbocycles. The summed E-state index contributed by atoms with van der Waals surface area (Å²) in [5.41, 5.74) is 1.03. The van der Waals surface area contributed by atoms with Crippen molar-refractivity contribution < 1.29 is 9.53 Å². The Morgan fingerprint density at radius 3 is 3.00 bits per heavy atom. The maximum atomic E-state index is 12.3. The van der Waals surface area contributed by atoms with E-state index in [4.69, 9.17) is 4.74 Å². The first-order chi connectivity index (χ1) is 9.20. The van der Waals surface area contributed by atoms with Gasteiger partial charge in [0.05, 0.1) is 6.61 Å². The van der Waals surface area contributed by atoms with Crippen LogP contribution in [0.1, 0.15) is 18.9 Å². The number of hydrogen-bond acceptors (Lipinski definition) is 3. The Morgan fingerprint density at radius 1 is 1.47 bits per heavy atom. The van der Waals surface area contributed by atoms with Gasteiger partial charge in [-0.2, -0.15) is 0 Å². The normalized spacial score (nSPS) is 20.4. The molecule has 1 atom stereocenters. The van der Waals surface area contributed by atoms with E-state index in [1.165, 1.54) is 0 Å². The molecule has 1 aromatic rings. The average molecular weight is 326 g/mol. The number of carbonyl (C=O) groups is 1. The van der Waals surface area contributed by atoms with Crippen molar-refractivity contribution in [1.29, 1.82) is 0 Å². The fourth-order valence-corrected chi connectivity index (χ4v) is 2.78. The van der Waals surface area contributed by atoms with Crippen molar-refractivity contribution in [3.05, 3.63) is 34.3 Å². The second-order valence-corrected chi connectivity index (χ2v) is 5.75. The van der Waals surface area contributed by atoms with E-state index in [9.17, 15) is 4.79 Å². The minimum atomic E-state index is -0.271. The Kier molecular flexibility index (Phi) is 5.55. The van der Waals surface area contributed by atoms with Crippen molar-refractivity contribution in [1.82, 2.24) is 4.90 Å². The van der Waals surface area contributed by atoms with E-state index in [-0.39, 0.29) is 11.9 Å². The van der Waals surface area contributed by atoms with E-state index in [1.807, 2.05) is 24.3 Å². The van der Waals surface area contributed by atoms with Crippen LogP contribution in [0.5, 0.6) is 0 Å². The van der Waals surface area contributed by atoms with Crippen molar-refractivity contribution in [3.63, 3.8) is 0 Å². The molecule has 19 heavy (non-hydrogen) atoms. The zero-order valence-electron chi connectivity index (χ0n) is 11.3. The molecule has 1 aliphatic heterocycles. The number of ketones is 1. The molecule has 104 valence electrons. The highest BCUT2D eigenvalue weighted by molar-refractivity contribution is 9.10. The first-order valence-corrected chi connectivity index (χ1v) is 7.60. The summed E-state index contributed by atoms with van der Waals surface area (Å²) in [6, 6.07) is 7.86. The van der Waals surface area contributed by atoms with Gasteiger partial charge >= 0.3 is 0 Å². The fourth-order valence-electron chi connectivity index (χ4n) is 2.36. The van der Waals surface area contributed by atoms with Gasteiger partial charge in [-0.1, -0.05) is 41.1 Å². The number of rotatable bonds is 5. The molecule has 4 heteroatoms. The first kappa shape index (κ1) is 14.7. The number of morpholine rings is 1. The van der Waals surface area contributed by atoms with Crippen LogP contribution in [-0.2, 0) is 16.0 Å². The molecule has 0 radical (unpaired) electrons. The van der Waals surface area contributed by atoms with Crippen LogP contribution >= 0.6 is 15.9 Å². The molecule has 0 bridgehead atoms. The smallest absolute Gasteiger partial charge is 0.167 e. The molecule has 1 heterocycles. The van der Waals surface area contributed by atoms with Gasteiger partial charge in [-0.05, 0) is 24.6 Å². The largest absolute Gasteiger partial charge is 0.368 e. The summed E-state index contributed by atoms with van der Waals surface area (Å²) in [5.74, 6) is 0.174. The van der Waals surface area contributed by atoms with Gasteiger partial charge in [-0.25, -0.2) is 0 Å². The number of halogens is 1. The molecular formula is C15H20BrNO2. The number of nitrogens with zero attached hydrogens (tertiary/aromatic N) is 1. The predicted molar refractivity (Wildman–Crippen MR) is 79.3 cm³/mol. The highest BCUT2D eigenvalue weighted by Crippen LogP contribution is 2.18.